The Balaban J connectivity index is -0.000000245. The summed E-state index contributed by atoms with van der Waals surface area (Å²) in [5.41, 5.74) is 0. The molecule has 0 aromatic heterocycles. The van der Waals surface area contributed by atoms with Crippen LogP contribution in [0.25, 0.3) is 0 Å². The summed E-state index contributed by atoms with van der Waals surface area (Å²) in [4.78, 5) is 20.0. The second kappa shape index (κ2) is 6.01. The van der Waals surface area contributed by atoms with Crippen molar-refractivity contribution in [3.63, 3.8) is 0 Å². The van der Waals surface area contributed by atoms with Crippen LogP contribution in [0.4, 0.5) is 0 Å². The topological polar surface area (TPSA) is 43.4 Å². The molecule has 0 rings (SSSR count). The fourth-order valence-electron chi connectivity index (χ4n) is 0.183. The van der Waals surface area contributed by atoms with Crippen molar-refractivity contribution < 1.29 is 45.3 Å². The van der Waals surface area contributed by atoms with Gasteiger partial charge in [0, 0.05) is 13.0 Å². The molecule has 0 radical (unpaired) electrons. The maximum Gasteiger partial charge on any atom is 1.00 e. The fraction of sp³-hybridized carbons (Fsp3) is 0.200. The monoisotopic (exact) mass is 138 g/mol. The molecule has 0 heterocycles. The molecule has 0 fully saturated rings. The minimum atomic E-state index is -0.711. The number of carbonyl (C=O) groups is 2. The van der Waals surface area contributed by atoms with E-state index in [1.54, 1.807) is 0 Å². The molecule has 0 saturated heterocycles. The molecule has 0 aromatic carbocycles. The molecule has 0 aliphatic carbocycles. The van der Waals surface area contributed by atoms with Crippen LogP contribution in [0.5, 0.6) is 0 Å². The van der Waals surface area contributed by atoms with Crippen molar-refractivity contribution in [3.8, 4) is 0 Å². The van der Waals surface area contributed by atoms with Crippen LogP contribution in [0, 0.1) is 0 Å². The molecule has 0 unspecified atom stereocenters. The number of rotatable bonds is 1. The molecule has 0 N–H and O–H groups in total. The van der Waals surface area contributed by atoms with Gasteiger partial charge >= 0.3 is 41.5 Å². The SMILES string of the molecule is C=CC(=O)OC(C)=O.[H-].[Na+]. The maximum atomic E-state index is 10.1. The number of ether oxygens (including phenoxy) is 1. The van der Waals surface area contributed by atoms with Gasteiger partial charge in [0.2, 0.25) is 0 Å². The Morgan fingerprint density at radius 2 is 2.11 bits per heavy atom. The molecule has 0 saturated carbocycles. The van der Waals surface area contributed by atoms with Gasteiger partial charge < -0.3 is 6.16 Å². The van der Waals surface area contributed by atoms with Crippen LogP contribution in [0.1, 0.15) is 8.35 Å². The number of carbonyl (C=O) groups excluding carboxylic acids is 2. The van der Waals surface area contributed by atoms with Crippen LogP contribution in [-0.2, 0) is 14.3 Å². The third-order valence-electron chi connectivity index (χ3n) is 0.411. The Hall–Kier alpha value is -0.120. The molecule has 0 amide bonds. The van der Waals surface area contributed by atoms with Crippen molar-refractivity contribution in [3.05, 3.63) is 12.7 Å². The summed E-state index contributed by atoms with van der Waals surface area (Å²) in [6.07, 6.45) is 0.932. The first-order chi connectivity index (χ1) is 3.66. The van der Waals surface area contributed by atoms with Crippen molar-refractivity contribution in [2.24, 2.45) is 0 Å². The standard InChI is InChI=1S/C5H6O3.Na.H/c1-3-5(7)8-4(2)6;;/h3H,1H2,2H3;;/q;+1;-1. The van der Waals surface area contributed by atoms with Gasteiger partial charge in [0.05, 0.1) is 0 Å². The molecule has 4 heteroatoms. The fourth-order valence-corrected chi connectivity index (χ4v) is 0.183. The van der Waals surface area contributed by atoms with Gasteiger partial charge in [0.1, 0.15) is 0 Å². The number of hydrogen-bond acceptors (Lipinski definition) is 3. The van der Waals surface area contributed by atoms with Crippen LogP contribution < -0.4 is 29.6 Å². The smallest absolute Gasteiger partial charge is 1.00 e. The minimum absolute atomic E-state index is 0. The quantitative estimate of drug-likeness (QED) is 0.172. The Bertz CT molecular complexity index is 135. The summed E-state index contributed by atoms with van der Waals surface area (Å²) in [6, 6.07) is 0. The number of esters is 2. The normalized spacial score (nSPS) is 6.78. The van der Waals surface area contributed by atoms with Crippen molar-refractivity contribution in [1.29, 1.82) is 0 Å². The minimum Gasteiger partial charge on any atom is -1.00 e. The molecule has 0 atom stereocenters. The molecule has 0 aromatic rings. The van der Waals surface area contributed by atoms with Crippen LogP contribution in [0.15, 0.2) is 12.7 Å². The zero-order valence-electron chi connectivity index (χ0n) is 6.51. The molecule has 0 bridgehead atoms. The van der Waals surface area contributed by atoms with Crippen molar-refractivity contribution in [2.75, 3.05) is 0 Å². The molecule has 0 aliphatic rings. The van der Waals surface area contributed by atoms with E-state index in [4.69, 9.17) is 0 Å². The summed E-state index contributed by atoms with van der Waals surface area (Å²) in [5, 5.41) is 0. The van der Waals surface area contributed by atoms with Gasteiger partial charge in [-0.25, -0.2) is 4.79 Å². The zero-order valence-corrected chi connectivity index (χ0v) is 7.51. The van der Waals surface area contributed by atoms with Gasteiger partial charge in [-0.2, -0.15) is 0 Å². The van der Waals surface area contributed by atoms with E-state index in [9.17, 15) is 9.59 Å². The second-order valence-electron chi connectivity index (χ2n) is 1.12. The van der Waals surface area contributed by atoms with Crippen molar-refractivity contribution >= 4 is 11.9 Å². The third kappa shape index (κ3) is 7.88. The largest absolute Gasteiger partial charge is 1.00 e. The summed E-state index contributed by atoms with van der Waals surface area (Å²) < 4.78 is 4.00. The van der Waals surface area contributed by atoms with Crippen LogP contribution >= 0.6 is 0 Å². The van der Waals surface area contributed by atoms with Gasteiger partial charge in [-0.05, 0) is 0 Å². The summed E-state index contributed by atoms with van der Waals surface area (Å²) in [7, 11) is 0. The summed E-state index contributed by atoms with van der Waals surface area (Å²) in [5.74, 6) is -1.33. The first-order valence-corrected chi connectivity index (χ1v) is 2.01. The van der Waals surface area contributed by atoms with E-state index in [0.29, 0.717) is 0 Å². The van der Waals surface area contributed by atoms with Gasteiger partial charge in [-0.1, -0.05) is 6.58 Å². The van der Waals surface area contributed by atoms with E-state index in [0.717, 1.165) is 13.0 Å². The van der Waals surface area contributed by atoms with Crippen LogP contribution in [0.3, 0.4) is 0 Å². The molecular formula is C5H7NaO3. The molecular weight excluding hydrogens is 131 g/mol. The third-order valence-corrected chi connectivity index (χ3v) is 0.411. The first-order valence-electron chi connectivity index (χ1n) is 2.01. The summed E-state index contributed by atoms with van der Waals surface area (Å²) >= 11 is 0. The van der Waals surface area contributed by atoms with E-state index in [2.05, 4.69) is 11.3 Å². The Morgan fingerprint density at radius 3 is 2.22 bits per heavy atom. The van der Waals surface area contributed by atoms with Gasteiger partial charge in [0.15, 0.2) is 0 Å². The Kier molecular flexibility index (Phi) is 7.77. The molecule has 0 aliphatic heterocycles. The Morgan fingerprint density at radius 1 is 1.67 bits per heavy atom. The zero-order chi connectivity index (χ0) is 6.57. The van der Waals surface area contributed by atoms with Gasteiger partial charge in [-0.15, -0.1) is 0 Å². The van der Waals surface area contributed by atoms with Gasteiger partial charge in [0.25, 0.3) is 0 Å². The van der Waals surface area contributed by atoms with Gasteiger partial charge in [-0.3, -0.25) is 4.79 Å². The predicted molar refractivity (Wildman–Crippen MR) is 28.1 cm³/mol. The summed E-state index contributed by atoms with van der Waals surface area (Å²) in [6.45, 7) is 4.24. The molecule has 46 valence electrons. The van der Waals surface area contributed by atoms with Crippen molar-refractivity contribution in [1.82, 2.24) is 0 Å². The predicted octanol–water partition coefficient (Wildman–Crippen LogP) is -2.62. The van der Waals surface area contributed by atoms with E-state index in [1.807, 2.05) is 0 Å². The Labute approximate surface area is 76.8 Å². The average molecular weight is 138 g/mol. The van der Waals surface area contributed by atoms with Crippen molar-refractivity contribution in [2.45, 2.75) is 6.92 Å². The second-order valence-corrected chi connectivity index (χ2v) is 1.12. The number of hydrogen-bond donors (Lipinski definition) is 0. The maximum absolute atomic E-state index is 10.1. The molecule has 9 heavy (non-hydrogen) atoms. The van der Waals surface area contributed by atoms with Crippen LogP contribution in [0.2, 0.25) is 0 Å². The van der Waals surface area contributed by atoms with E-state index in [-0.39, 0.29) is 31.0 Å². The van der Waals surface area contributed by atoms with E-state index in [1.165, 1.54) is 0 Å². The average Bonchev–Trinajstić information content (AvgIpc) is 1.65. The molecule has 0 spiro atoms. The van der Waals surface area contributed by atoms with E-state index >= 15 is 0 Å². The first kappa shape index (κ1) is 11.6. The molecule has 3 nitrogen and oxygen atoms in total. The van der Waals surface area contributed by atoms with E-state index < -0.39 is 11.9 Å². The van der Waals surface area contributed by atoms with Crippen LogP contribution in [-0.4, -0.2) is 11.9 Å².